The Hall–Kier alpha value is -0.390. The highest BCUT2D eigenvalue weighted by Crippen LogP contribution is 2.11. The Morgan fingerprint density at radius 1 is 1.50 bits per heavy atom. The molecule has 0 aromatic carbocycles. The van der Waals surface area contributed by atoms with Crippen LogP contribution in [0, 0.1) is 5.92 Å². The van der Waals surface area contributed by atoms with E-state index in [-0.39, 0.29) is 6.04 Å². The molecular weight excluding hydrogens is 270 g/mol. The van der Waals surface area contributed by atoms with E-state index in [0.717, 1.165) is 17.6 Å². The van der Waals surface area contributed by atoms with Crippen LogP contribution in [-0.4, -0.2) is 36.6 Å². The summed E-state index contributed by atoms with van der Waals surface area (Å²) in [5.41, 5.74) is 0. The maximum Gasteiger partial charge on any atom is 0.0876 e. The molecule has 1 rings (SSSR count). The van der Waals surface area contributed by atoms with Crippen molar-refractivity contribution in [3.05, 3.63) is 16.9 Å². The van der Waals surface area contributed by atoms with Crippen LogP contribution < -0.4 is 5.32 Å². The zero-order valence-corrected chi connectivity index (χ0v) is 11.7. The molecule has 0 fully saturated rings. The summed E-state index contributed by atoms with van der Waals surface area (Å²) in [6.07, 6.45) is 3.77. The van der Waals surface area contributed by atoms with Gasteiger partial charge < -0.3 is 10.1 Å². The van der Waals surface area contributed by atoms with Gasteiger partial charge in [-0.15, -0.1) is 0 Å². The van der Waals surface area contributed by atoms with E-state index in [2.05, 4.69) is 40.2 Å². The van der Waals surface area contributed by atoms with Crippen molar-refractivity contribution in [3.63, 3.8) is 0 Å². The Balaban J connectivity index is 2.47. The van der Waals surface area contributed by atoms with Crippen molar-refractivity contribution in [2.45, 2.75) is 19.9 Å². The third-order valence-corrected chi connectivity index (χ3v) is 2.65. The van der Waals surface area contributed by atoms with Crippen LogP contribution in [0.5, 0.6) is 0 Å². The third kappa shape index (κ3) is 4.63. The monoisotopic (exact) mass is 289 g/mol. The summed E-state index contributed by atoms with van der Waals surface area (Å²) < 4.78 is 8.14. The number of ether oxygens (including phenoxy) is 1. The molecule has 16 heavy (non-hydrogen) atoms. The second-order valence-electron chi connectivity index (χ2n) is 4.30. The molecule has 0 spiro atoms. The third-order valence-electron chi connectivity index (χ3n) is 2.24. The standard InChI is InChI=1S/C11H20BrN3O/c1-9(2)4-13-6-11(8-16-3)15-7-10(12)5-14-15/h5,7,9,11,13H,4,6,8H2,1-3H3. The predicted octanol–water partition coefficient (Wildman–Crippen LogP) is 2.08. The van der Waals surface area contributed by atoms with Crippen molar-refractivity contribution >= 4 is 15.9 Å². The van der Waals surface area contributed by atoms with Crippen molar-refractivity contribution in [1.29, 1.82) is 0 Å². The lowest BCUT2D eigenvalue weighted by atomic mass is 10.2. The van der Waals surface area contributed by atoms with Crippen molar-refractivity contribution < 1.29 is 4.74 Å². The summed E-state index contributed by atoms with van der Waals surface area (Å²) in [6.45, 7) is 6.95. The highest BCUT2D eigenvalue weighted by atomic mass is 79.9. The summed E-state index contributed by atoms with van der Waals surface area (Å²) in [5, 5.41) is 7.70. The van der Waals surface area contributed by atoms with Gasteiger partial charge in [-0.3, -0.25) is 4.68 Å². The molecule has 0 aliphatic rings. The van der Waals surface area contributed by atoms with E-state index in [1.54, 1.807) is 13.3 Å². The largest absolute Gasteiger partial charge is 0.382 e. The molecular formula is C11H20BrN3O. The Labute approximate surface area is 105 Å². The second-order valence-corrected chi connectivity index (χ2v) is 5.22. The molecule has 1 aromatic rings. The number of nitrogens with one attached hydrogen (secondary N) is 1. The smallest absolute Gasteiger partial charge is 0.0876 e. The molecule has 0 radical (unpaired) electrons. The van der Waals surface area contributed by atoms with Crippen LogP contribution in [0.15, 0.2) is 16.9 Å². The maximum atomic E-state index is 5.21. The average molecular weight is 290 g/mol. The zero-order chi connectivity index (χ0) is 12.0. The van der Waals surface area contributed by atoms with Gasteiger partial charge in [0.1, 0.15) is 0 Å². The molecule has 0 saturated carbocycles. The summed E-state index contributed by atoms with van der Waals surface area (Å²) in [7, 11) is 1.72. The summed E-state index contributed by atoms with van der Waals surface area (Å²) in [5.74, 6) is 0.660. The van der Waals surface area contributed by atoms with Crippen LogP contribution in [0.25, 0.3) is 0 Å². The van der Waals surface area contributed by atoms with Crippen LogP contribution in [0.3, 0.4) is 0 Å². The minimum absolute atomic E-state index is 0.245. The first-order valence-electron chi connectivity index (χ1n) is 5.52. The normalized spacial score (nSPS) is 13.3. The summed E-state index contributed by atoms with van der Waals surface area (Å²) in [6, 6.07) is 0.245. The van der Waals surface area contributed by atoms with Gasteiger partial charge in [-0.05, 0) is 28.4 Å². The second kappa shape index (κ2) is 7.04. The molecule has 0 bridgehead atoms. The van der Waals surface area contributed by atoms with Crippen molar-refractivity contribution in [3.8, 4) is 0 Å². The number of hydrogen-bond acceptors (Lipinski definition) is 3. The number of nitrogens with zero attached hydrogens (tertiary/aromatic N) is 2. The van der Waals surface area contributed by atoms with Crippen molar-refractivity contribution in [2.75, 3.05) is 26.8 Å². The quantitative estimate of drug-likeness (QED) is 0.835. The highest BCUT2D eigenvalue weighted by molar-refractivity contribution is 9.10. The summed E-state index contributed by atoms with van der Waals surface area (Å²) >= 11 is 3.40. The number of methoxy groups -OCH3 is 1. The number of halogens is 1. The van der Waals surface area contributed by atoms with Crippen LogP contribution >= 0.6 is 15.9 Å². The molecule has 5 heteroatoms. The van der Waals surface area contributed by atoms with Crippen LogP contribution in [0.4, 0.5) is 0 Å². The fourth-order valence-corrected chi connectivity index (χ4v) is 1.78. The van der Waals surface area contributed by atoms with Gasteiger partial charge in [0.15, 0.2) is 0 Å². The maximum absolute atomic E-state index is 5.21. The zero-order valence-electron chi connectivity index (χ0n) is 10.1. The lowest BCUT2D eigenvalue weighted by molar-refractivity contribution is 0.147. The topological polar surface area (TPSA) is 39.1 Å². The Morgan fingerprint density at radius 2 is 2.25 bits per heavy atom. The molecule has 1 N–H and O–H groups in total. The van der Waals surface area contributed by atoms with E-state index in [1.807, 2.05) is 10.9 Å². The van der Waals surface area contributed by atoms with Crippen LogP contribution in [0.2, 0.25) is 0 Å². The lowest BCUT2D eigenvalue weighted by Gasteiger charge is -2.18. The van der Waals surface area contributed by atoms with E-state index in [4.69, 9.17) is 4.74 Å². The molecule has 0 aliphatic heterocycles. The van der Waals surface area contributed by atoms with Crippen molar-refractivity contribution in [1.82, 2.24) is 15.1 Å². The molecule has 92 valence electrons. The van der Waals surface area contributed by atoms with Crippen LogP contribution in [0.1, 0.15) is 19.9 Å². The van der Waals surface area contributed by atoms with E-state index in [1.165, 1.54) is 0 Å². The van der Waals surface area contributed by atoms with Gasteiger partial charge in [0, 0.05) is 19.9 Å². The SMILES string of the molecule is COCC(CNCC(C)C)n1cc(Br)cn1. The molecule has 1 aromatic heterocycles. The van der Waals surface area contributed by atoms with Crippen molar-refractivity contribution in [2.24, 2.45) is 5.92 Å². The first-order valence-corrected chi connectivity index (χ1v) is 6.32. The first-order chi connectivity index (χ1) is 7.63. The van der Waals surface area contributed by atoms with E-state index >= 15 is 0 Å². The Kier molecular flexibility index (Phi) is 6.01. The lowest BCUT2D eigenvalue weighted by Crippen LogP contribution is -2.31. The highest BCUT2D eigenvalue weighted by Gasteiger charge is 2.11. The fourth-order valence-electron chi connectivity index (χ4n) is 1.47. The van der Waals surface area contributed by atoms with Gasteiger partial charge in [0.25, 0.3) is 0 Å². The first kappa shape index (κ1) is 13.7. The molecule has 0 aliphatic carbocycles. The van der Waals surface area contributed by atoms with Gasteiger partial charge in [-0.25, -0.2) is 0 Å². The van der Waals surface area contributed by atoms with E-state index < -0.39 is 0 Å². The molecule has 1 heterocycles. The molecule has 0 saturated heterocycles. The molecule has 0 amide bonds. The number of rotatable bonds is 7. The minimum Gasteiger partial charge on any atom is -0.382 e. The Bertz CT molecular complexity index is 301. The predicted molar refractivity (Wildman–Crippen MR) is 68.5 cm³/mol. The van der Waals surface area contributed by atoms with E-state index in [0.29, 0.717) is 12.5 Å². The molecule has 1 atom stereocenters. The van der Waals surface area contributed by atoms with Gasteiger partial charge in [-0.1, -0.05) is 13.8 Å². The minimum atomic E-state index is 0.245. The molecule has 4 nitrogen and oxygen atoms in total. The average Bonchev–Trinajstić information content (AvgIpc) is 2.63. The van der Waals surface area contributed by atoms with Gasteiger partial charge in [-0.2, -0.15) is 5.10 Å². The van der Waals surface area contributed by atoms with Gasteiger partial charge >= 0.3 is 0 Å². The fraction of sp³-hybridized carbons (Fsp3) is 0.727. The Morgan fingerprint density at radius 3 is 2.75 bits per heavy atom. The van der Waals surface area contributed by atoms with Gasteiger partial charge in [0.2, 0.25) is 0 Å². The van der Waals surface area contributed by atoms with Gasteiger partial charge in [0.05, 0.1) is 23.3 Å². The number of aromatic nitrogens is 2. The molecule has 1 unspecified atom stereocenters. The van der Waals surface area contributed by atoms with Crippen LogP contribution in [-0.2, 0) is 4.74 Å². The summed E-state index contributed by atoms with van der Waals surface area (Å²) in [4.78, 5) is 0. The van der Waals surface area contributed by atoms with E-state index in [9.17, 15) is 0 Å². The number of hydrogen-bond donors (Lipinski definition) is 1.